The van der Waals surface area contributed by atoms with Gasteiger partial charge in [0.2, 0.25) is 0 Å². The molecule has 2 rings (SSSR count). The highest BCUT2D eigenvalue weighted by Gasteiger charge is 2.25. The molecule has 2 unspecified atom stereocenters. The lowest BCUT2D eigenvalue weighted by atomic mass is 10.0. The molecular weight excluding hydrogens is 258 g/mol. The number of nitrogens with zero attached hydrogens (tertiary/aromatic N) is 1. The van der Waals surface area contributed by atoms with Crippen LogP contribution in [0.5, 0.6) is 5.75 Å². The van der Waals surface area contributed by atoms with Gasteiger partial charge in [0.05, 0.1) is 24.3 Å². The molecule has 0 saturated carbocycles. The van der Waals surface area contributed by atoms with Crippen molar-refractivity contribution in [3.63, 3.8) is 0 Å². The summed E-state index contributed by atoms with van der Waals surface area (Å²) in [6, 6.07) is 7.16. The normalized spacial score (nSPS) is 24.6. The van der Waals surface area contributed by atoms with Gasteiger partial charge in [0, 0.05) is 10.4 Å². The first-order valence-electron chi connectivity index (χ1n) is 4.71. The third-order valence-electron chi connectivity index (χ3n) is 2.45. The van der Waals surface area contributed by atoms with Gasteiger partial charge in [-0.1, -0.05) is 15.9 Å². The summed E-state index contributed by atoms with van der Waals surface area (Å²) in [5, 5.41) is 18.8. The molecular formula is C11H10BrNO2. The highest BCUT2D eigenvalue weighted by Crippen LogP contribution is 2.35. The van der Waals surface area contributed by atoms with Crippen molar-refractivity contribution in [2.24, 2.45) is 0 Å². The monoisotopic (exact) mass is 267 g/mol. The molecule has 1 N–H and O–H groups in total. The molecule has 0 spiro atoms. The molecule has 0 fully saturated rings. The van der Waals surface area contributed by atoms with E-state index in [4.69, 9.17) is 10.00 Å². The lowest BCUT2D eigenvalue weighted by Crippen LogP contribution is -2.10. The molecule has 1 heterocycles. The Kier molecular flexibility index (Phi) is 2.94. The van der Waals surface area contributed by atoms with Crippen LogP contribution in [0.1, 0.15) is 23.7 Å². The molecule has 0 saturated heterocycles. The van der Waals surface area contributed by atoms with Crippen molar-refractivity contribution in [3.8, 4) is 11.8 Å². The van der Waals surface area contributed by atoms with Gasteiger partial charge < -0.3 is 9.84 Å². The maximum atomic E-state index is 9.99. The summed E-state index contributed by atoms with van der Waals surface area (Å²) >= 11 is 3.41. The molecule has 1 aromatic carbocycles. The molecule has 4 heteroatoms. The standard InChI is InChI=1S/C11H10BrNO2/c12-9-3-4-15-10-2-1-7(6-13)5-8(10)11(9)14/h1-2,5,9,11,14H,3-4H2. The number of aliphatic hydroxyl groups excluding tert-OH is 1. The summed E-state index contributed by atoms with van der Waals surface area (Å²) in [6.45, 7) is 0.575. The number of fused-ring (bicyclic) bond motifs is 1. The molecule has 0 aromatic heterocycles. The van der Waals surface area contributed by atoms with Crippen LogP contribution in [0.4, 0.5) is 0 Å². The smallest absolute Gasteiger partial charge is 0.125 e. The second-order valence-electron chi connectivity index (χ2n) is 3.46. The van der Waals surface area contributed by atoms with Crippen LogP contribution in [0.15, 0.2) is 18.2 Å². The number of nitriles is 1. The van der Waals surface area contributed by atoms with E-state index in [2.05, 4.69) is 22.0 Å². The summed E-state index contributed by atoms with van der Waals surface area (Å²) < 4.78 is 5.49. The van der Waals surface area contributed by atoms with Crippen LogP contribution in [-0.4, -0.2) is 16.5 Å². The fourth-order valence-corrected chi connectivity index (χ4v) is 2.09. The maximum absolute atomic E-state index is 9.99. The number of aliphatic hydroxyl groups is 1. The van der Waals surface area contributed by atoms with E-state index >= 15 is 0 Å². The van der Waals surface area contributed by atoms with Crippen molar-refractivity contribution in [3.05, 3.63) is 29.3 Å². The number of alkyl halides is 1. The van der Waals surface area contributed by atoms with Crippen molar-refractivity contribution in [2.45, 2.75) is 17.4 Å². The Morgan fingerprint density at radius 1 is 1.53 bits per heavy atom. The zero-order chi connectivity index (χ0) is 10.8. The SMILES string of the molecule is N#Cc1ccc2c(c1)C(O)C(Br)CCO2. The average Bonchev–Trinajstić information content (AvgIpc) is 2.40. The predicted molar refractivity (Wildman–Crippen MR) is 58.9 cm³/mol. The van der Waals surface area contributed by atoms with Gasteiger partial charge in [-0.05, 0) is 24.6 Å². The predicted octanol–water partition coefficient (Wildman–Crippen LogP) is 2.14. The summed E-state index contributed by atoms with van der Waals surface area (Å²) in [7, 11) is 0. The molecule has 0 bridgehead atoms. The van der Waals surface area contributed by atoms with Gasteiger partial charge in [0.25, 0.3) is 0 Å². The highest BCUT2D eigenvalue weighted by molar-refractivity contribution is 9.09. The zero-order valence-electron chi connectivity index (χ0n) is 7.98. The first kappa shape index (κ1) is 10.5. The first-order valence-corrected chi connectivity index (χ1v) is 5.63. The van der Waals surface area contributed by atoms with E-state index < -0.39 is 6.10 Å². The molecule has 0 radical (unpaired) electrons. The van der Waals surface area contributed by atoms with E-state index in [1.807, 2.05) is 0 Å². The van der Waals surface area contributed by atoms with Gasteiger partial charge in [0.1, 0.15) is 5.75 Å². The number of ether oxygens (including phenoxy) is 1. The average molecular weight is 268 g/mol. The lowest BCUT2D eigenvalue weighted by Gasteiger charge is -2.14. The van der Waals surface area contributed by atoms with Gasteiger partial charge in [0.15, 0.2) is 0 Å². The van der Waals surface area contributed by atoms with Gasteiger partial charge in [-0.25, -0.2) is 0 Å². The van der Waals surface area contributed by atoms with Gasteiger partial charge >= 0.3 is 0 Å². The summed E-state index contributed by atoms with van der Waals surface area (Å²) in [4.78, 5) is -0.0207. The minimum absolute atomic E-state index is 0.0207. The van der Waals surface area contributed by atoms with Crippen LogP contribution < -0.4 is 4.74 Å². The fraction of sp³-hybridized carbons (Fsp3) is 0.364. The zero-order valence-corrected chi connectivity index (χ0v) is 9.57. The van der Waals surface area contributed by atoms with Crippen molar-refractivity contribution in [1.82, 2.24) is 0 Å². The Balaban J connectivity index is 2.47. The molecule has 2 atom stereocenters. The number of halogens is 1. The van der Waals surface area contributed by atoms with Crippen LogP contribution in [-0.2, 0) is 0 Å². The quantitative estimate of drug-likeness (QED) is 0.733. The van der Waals surface area contributed by atoms with Crippen molar-refractivity contribution in [2.75, 3.05) is 6.61 Å². The molecule has 1 aliphatic rings. The Morgan fingerprint density at radius 3 is 3.07 bits per heavy atom. The van der Waals surface area contributed by atoms with Crippen LogP contribution in [0.3, 0.4) is 0 Å². The summed E-state index contributed by atoms with van der Waals surface area (Å²) in [5.74, 6) is 0.670. The Hall–Kier alpha value is -1.05. The van der Waals surface area contributed by atoms with Gasteiger partial charge in [-0.3, -0.25) is 0 Å². The third-order valence-corrected chi connectivity index (χ3v) is 3.41. The molecule has 78 valence electrons. The fourth-order valence-electron chi connectivity index (χ4n) is 1.61. The van der Waals surface area contributed by atoms with Crippen LogP contribution in [0.25, 0.3) is 0 Å². The number of hydrogen-bond acceptors (Lipinski definition) is 3. The van der Waals surface area contributed by atoms with Crippen molar-refractivity contribution in [1.29, 1.82) is 5.26 Å². The topological polar surface area (TPSA) is 53.2 Å². The van der Waals surface area contributed by atoms with Crippen LogP contribution in [0, 0.1) is 11.3 Å². The Bertz CT molecular complexity index is 414. The van der Waals surface area contributed by atoms with Crippen LogP contribution in [0.2, 0.25) is 0 Å². The first-order chi connectivity index (χ1) is 7.22. The van der Waals surface area contributed by atoms with E-state index in [1.165, 1.54) is 0 Å². The molecule has 1 aliphatic heterocycles. The number of hydrogen-bond donors (Lipinski definition) is 1. The maximum Gasteiger partial charge on any atom is 0.125 e. The van der Waals surface area contributed by atoms with Gasteiger partial charge in [-0.15, -0.1) is 0 Å². The van der Waals surface area contributed by atoms with Crippen molar-refractivity contribution >= 4 is 15.9 Å². The van der Waals surface area contributed by atoms with E-state index in [0.717, 1.165) is 6.42 Å². The minimum atomic E-state index is -0.615. The van der Waals surface area contributed by atoms with E-state index in [-0.39, 0.29) is 4.83 Å². The van der Waals surface area contributed by atoms with Crippen molar-refractivity contribution < 1.29 is 9.84 Å². The molecule has 0 aliphatic carbocycles. The largest absolute Gasteiger partial charge is 0.493 e. The highest BCUT2D eigenvalue weighted by atomic mass is 79.9. The van der Waals surface area contributed by atoms with Gasteiger partial charge in [-0.2, -0.15) is 5.26 Å². The second kappa shape index (κ2) is 4.21. The number of benzene rings is 1. The van der Waals surface area contributed by atoms with Crippen LogP contribution >= 0.6 is 15.9 Å². The summed E-state index contributed by atoms with van der Waals surface area (Å²) in [6.07, 6.45) is 0.133. The lowest BCUT2D eigenvalue weighted by molar-refractivity contribution is 0.176. The minimum Gasteiger partial charge on any atom is -0.493 e. The van der Waals surface area contributed by atoms with E-state index in [9.17, 15) is 5.11 Å². The molecule has 0 amide bonds. The molecule has 15 heavy (non-hydrogen) atoms. The molecule has 3 nitrogen and oxygen atoms in total. The summed E-state index contributed by atoms with van der Waals surface area (Å²) in [5.41, 5.74) is 1.23. The third kappa shape index (κ3) is 1.99. The Morgan fingerprint density at radius 2 is 2.33 bits per heavy atom. The number of rotatable bonds is 0. The second-order valence-corrected chi connectivity index (χ2v) is 4.64. The molecule has 1 aromatic rings. The Labute approximate surface area is 96.4 Å². The van der Waals surface area contributed by atoms with E-state index in [0.29, 0.717) is 23.5 Å². The van der Waals surface area contributed by atoms with E-state index in [1.54, 1.807) is 18.2 Å².